The molecule has 138 valence electrons. The Labute approximate surface area is 156 Å². The predicted molar refractivity (Wildman–Crippen MR) is 97.3 cm³/mol. The van der Waals surface area contributed by atoms with Gasteiger partial charge in [-0.25, -0.2) is 13.1 Å². The van der Waals surface area contributed by atoms with E-state index in [1.165, 1.54) is 12.1 Å². The van der Waals surface area contributed by atoms with Gasteiger partial charge >= 0.3 is 0 Å². The van der Waals surface area contributed by atoms with Crippen molar-refractivity contribution in [1.29, 1.82) is 0 Å². The summed E-state index contributed by atoms with van der Waals surface area (Å²) in [6.45, 7) is 1.09. The Hall–Kier alpha value is -1.45. The van der Waals surface area contributed by atoms with Crippen LogP contribution in [-0.4, -0.2) is 51.8 Å². The van der Waals surface area contributed by atoms with E-state index in [1.807, 2.05) is 0 Å². The number of piperidine rings is 1. The molecule has 0 radical (unpaired) electrons. The molecule has 1 aromatic rings. The Morgan fingerprint density at radius 2 is 1.96 bits per heavy atom. The van der Waals surface area contributed by atoms with Crippen LogP contribution in [-0.2, 0) is 19.6 Å². The Kier molecular flexibility index (Phi) is 6.97. The van der Waals surface area contributed by atoms with Crippen molar-refractivity contribution in [2.24, 2.45) is 5.92 Å². The summed E-state index contributed by atoms with van der Waals surface area (Å²) in [7, 11) is -2.03. The van der Waals surface area contributed by atoms with Gasteiger partial charge < -0.3 is 10.2 Å². The number of likely N-dealkylation sites (tertiary alicyclic amines) is 1. The molecule has 25 heavy (non-hydrogen) atoms. The molecule has 0 bridgehead atoms. The molecule has 7 nitrogen and oxygen atoms in total. The third kappa shape index (κ3) is 5.52. The largest absolute Gasteiger partial charge is 0.359 e. The molecule has 1 aromatic carbocycles. The summed E-state index contributed by atoms with van der Waals surface area (Å²) in [4.78, 5) is 25.6. The van der Waals surface area contributed by atoms with Crippen molar-refractivity contribution in [2.75, 3.05) is 26.7 Å². The highest BCUT2D eigenvalue weighted by Crippen LogP contribution is 2.18. The maximum atomic E-state index is 12.2. The lowest BCUT2D eigenvalue weighted by Gasteiger charge is -2.31. The predicted octanol–water partition coefficient (Wildman–Crippen LogP) is 1.10. The highest BCUT2D eigenvalue weighted by Gasteiger charge is 2.26. The van der Waals surface area contributed by atoms with Crippen LogP contribution < -0.4 is 10.0 Å². The van der Waals surface area contributed by atoms with E-state index < -0.39 is 10.0 Å². The molecular formula is C16H22BrN3O4S. The first-order chi connectivity index (χ1) is 11.8. The maximum absolute atomic E-state index is 12.2. The summed E-state index contributed by atoms with van der Waals surface area (Å²) < 4.78 is 27.5. The summed E-state index contributed by atoms with van der Waals surface area (Å²) in [6.07, 6.45) is 1.36. The topological polar surface area (TPSA) is 95.6 Å². The number of halogens is 1. The van der Waals surface area contributed by atoms with E-state index >= 15 is 0 Å². The third-order valence-corrected chi connectivity index (χ3v) is 6.15. The lowest BCUT2D eigenvalue weighted by molar-refractivity contribution is -0.135. The molecule has 2 N–H and O–H groups in total. The average molecular weight is 432 g/mol. The zero-order valence-electron chi connectivity index (χ0n) is 14.0. The van der Waals surface area contributed by atoms with E-state index in [0.29, 0.717) is 30.4 Å². The van der Waals surface area contributed by atoms with Crippen LogP contribution in [0.3, 0.4) is 0 Å². The Balaban J connectivity index is 1.80. The number of benzene rings is 1. The zero-order valence-corrected chi connectivity index (χ0v) is 16.4. The van der Waals surface area contributed by atoms with Crippen molar-refractivity contribution in [3.05, 3.63) is 28.7 Å². The van der Waals surface area contributed by atoms with E-state index in [2.05, 4.69) is 26.0 Å². The quantitative estimate of drug-likeness (QED) is 0.704. The number of sulfonamides is 1. The lowest BCUT2D eigenvalue weighted by Crippen LogP contribution is -2.43. The highest BCUT2D eigenvalue weighted by molar-refractivity contribution is 9.10. The fraction of sp³-hybridized carbons (Fsp3) is 0.500. The Morgan fingerprint density at radius 1 is 1.28 bits per heavy atom. The first-order valence-electron chi connectivity index (χ1n) is 8.08. The van der Waals surface area contributed by atoms with Gasteiger partial charge in [0.1, 0.15) is 0 Å². The highest BCUT2D eigenvalue weighted by atomic mass is 79.9. The molecule has 1 aliphatic rings. The normalized spacial score (nSPS) is 15.8. The standard InChI is InChI=1S/C16H22BrN3O4S/c1-18-16(22)12-6-9-20(10-7-12)15(21)5-8-19-25(23,24)14-4-2-3-13(17)11-14/h2-4,11-12,19H,5-10H2,1H3,(H,18,22). The molecule has 0 spiro atoms. The fourth-order valence-electron chi connectivity index (χ4n) is 2.76. The monoisotopic (exact) mass is 431 g/mol. The van der Waals surface area contributed by atoms with Crippen LogP contribution in [0, 0.1) is 5.92 Å². The molecule has 1 aliphatic heterocycles. The maximum Gasteiger partial charge on any atom is 0.240 e. The second-order valence-electron chi connectivity index (χ2n) is 5.87. The van der Waals surface area contributed by atoms with Gasteiger partial charge in [0, 0.05) is 43.5 Å². The molecule has 9 heteroatoms. The first-order valence-corrected chi connectivity index (χ1v) is 10.4. The molecule has 1 saturated heterocycles. The molecule has 0 aromatic heterocycles. The van der Waals surface area contributed by atoms with Crippen molar-refractivity contribution in [2.45, 2.75) is 24.2 Å². The Bertz CT molecular complexity index is 731. The van der Waals surface area contributed by atoms with Gasteiger partial charge in [-0.05, 0) is 31.0 Å². The van der Waals surface area contributed by atoms with Gasteiger partial charge in [0.25, 0.3) is 0 Å². The number of carbonyl (C=O) groups excluding carboxylic acids is 2. The lowest BCUT2D eigenvalue weighted by atomic mass is 9.96. The van der Waals surface area contributed by atoms with Crippen molar-refractivity contribution >= 4 is 37.8 Å². The fourth-order valence-corrected chi connectivity index (χ4v) is 4.39. The number of hydrogen-bond donors (Lipinski definition) is 2. The smallest absolute Gasteiger partial charge is 0.240 e. The van der Waals surface area contributed by atoms with Crippen LogP contribution in [0.15, 0.2) is 33.6 Å². The van der Waals surface area contributed by atoms with Crippen LogP contribution >= 0.6 is 15.9 Å². The molecule has 2 rings (SSSR count). The van der Waals surface area contributed by atoms with E-state index in [1.54, 1.807) is 24.1 Å². The van der Waals surface area contributed by atoms with Crippen molar-refractivity contribution < 1.29 is 18.0 Å². The first kappa shape index (κ1) is 19.9. The van der Waals surface area contributed by atoms with Crippen LogP contribution in [0.25, 0.3) is 0 Å². The summed E-state index contributed by atoms with van der Waals surface area (Å²) in [5, 5.41) is 2.63. The minimum absolute atomic E-state index is 0.00822. The van der Waals surface area contributed by atoms with Gasteiger partial charge in [0.15, 0.2) is 0 Å². The van der Waals surface area contributed by atoms with Crippen LogP contribution in [0.4, 0.5) is 0 Å². The van der Waals surface area contributed by atoms with Gasteiger partial charge in [-0.2, -0.15) is 0 Å². The van der Waals surface area contributed by atoms with E-state index in [0.717, 1.165) is 0 Å². The second-order valence-corrected chi connectivity index (χ2v) is 8.56. The molecule has 0 saturated carbocycles. The van der Waals surface area contributed by atoms with Gasteiger partial charge in [-0.1, -0.05) is 22.0 Å². The van der Waals surface area contributed by atoms with Gasteiger partial charge in [0.05, 0.1) is 4.90 Å². The summed E-state index contributed by atoms with van der Waals surface area (Å²) in [5.41, 5.74) is 0. The van der Waals surface area contributed by atoms with E-state index in [4.69, 9.17) is 0 Å². The van der Waals surface area contributed by atoms with Gasteiger partial charge in [0.2, 0.25) is 21.8 Å². The van der Waals surface area contributed by atoms with Gasteiger partial charge in [-0.3, -0.25) is 9.59 Å². The molecule has 1 heterocycles. The molecule has 1 fully saturated rings. The summed E-state index contributed by atoms with van der Waals surface area (Å²) >= 11 is 3.24. The number of nitrogens with one attached hydrogen (secondary N) is 2. The number of nitrogens with zero attached hydrogens (tertiary/aromatic N) is 1. The van der Waals surface area contributed by atoms with Crippen molar-refractivity contribution in [1.82, 2.24) is 14.9 Å². The molecule has 0 atom stereocenters. The molecule has 0 unspecified atom stereocenters. The third-order valence-electron chi connectivity index (χ3n) is 4.20. The minimum atomic E-state index is -3.64. The molecular weight excluding hydrogens is 410 g/mol. The molecule has 0 aliphatic carbocycles. The zero-order chi connectivity index (χ0) is 18.4. The summed E-state index contributed by atoms with van der Waals surface area (Å²) in [6, 6.07) is 6.39. The number of rotatable bonds is 6. The van der Waals surface area contributed by atoms with E-state index in [-0.39, 0.29) is 35.6 Å². The van der Waals surface area contributed by atoms with Gasteiger partial charge in [-0.15, -0.1) is 0 Å². The van der Waals surface area contributed by atoms with Crippen LogP contribution in [0.5, 0.6) is 0 Å². The minimum Gasteiger partial charge on any atom is -0.359 e. The number of hydrogen-bond acceptors (Lipinski definition) is 4. The van der Waals surface area contributed by atoms with E-state index in [9.17, 15) is 18.0 Å². The Morgan fingerprint density at radius 3 is 2.56 bits per heavy atom. The molecule has 2 amide bonds. The SMILES string of the molecule is CNC(=O)C1CCN(C(=O)CCNS(=O)(=O)c2cccc(Br)c2)CC1. The number of carbonyl (C=O) groups is 2. The summed E-state index contributed by atoms with van der Waals surface area (Å²) in [5.74, 6) is -0.148. The van der Waals surface area contributed by atoms with Crippen LogP contribution in [0.2, 0.25) is 0 Å². The number of amides is 2. The van der Waals surface area contributed by atoms with Crippen LogP contribution in [0.1, 0.15) is 19.3 Å². The second kappa shape index (κ2) is 8.77. The van der Waals surface area contributed by atoms with Crippen molar-refractivity contribution in [3.63, 3.8) is 0 Å². The van der Waals surface area contributed by atoms with Crippen molar-refractivity contribution in [3.8, 4) is 0 Å². The average Bonchev–Trinajstić information content (AvgIpc) is 2.61.